The Morgan fingerprint density at radius 2 is 1.45 bits per heavy atom. The maximum Gasteiger partial charge on any atom is 0.325 e. The second kappa shape index (κ2) is 8.57. The zero-order valence-electron chi connectivity index (χ0n) is 16.6. The monoisotopic (exact) mass is 420 g/mol. The van der Waals surface area contributed by atoms with Gasteiger partial charge in [-0.3, -0.25) is 9.69 Å². The van der Waals surface area contributed by atoms with E-state index in [-0.39, 0.29) is 18.9 Å². The Hall–Kier alpha value is -3.71. The first kappa shape index (κ1) is 20.6. The van der Waals surface area contributed by atoms with Gasteiger partial charge in [0.25, 0.3) is 5.91 Å². The van der Waals surface area contributed by atoms with Crippen LogP contribution in [-0.4, -0.2) is 41.2 Å². The van der Waals surface area contributed by atoms with Gasteiger partial charge in [-0.25, -0.2) is 9.18 Å². The van der Waals surface area contributed by atoms with Gasteiger partial charge in [0.2, 0.25) is 0 Å². The molecule has 1 fully saturated rings. The van der Waals surface area contributed by atoms with Gasteiger partial charge in [0.05, 0.1) is 6.54 Å². The standard InChI is InChI=1S/C24H21FN2O4/c25-20-13-7-8-14-21(20)31-16-19(28)15-27-22(29)24(26-23(27)30,17-9-3-1-4-10-17)18-11-5-2-6-12-18/h1-14,19,28H,15-16H2,(H,26,30)/t19-/m1/s1. The molecule has 3 aromatic carbocycles. The van der Waals surface area contributed by atoms with E-state index >= 15 is 0 Å². The molecule has 7 heteroatoms. The van der Waals surface area contributed by atoms with Crippen LogP contribution < -0.4 is 10.1 Å². The number of nitrogens with zero attached hydrogens (tertiary/aromatic N) is 1. The highest BCUT2D eigenvalue weighted by molar-refractivity contribution is 6.09. The topological polar surface area (TPSA) is 78.9 Å². The van der Waals surface area contributed by atoms with Crippen molar-refractivity contribution in [3.63, 3.8) is 0 Å². The molecule has 0 bridgehead atoms. The highest BCUT2D eigenvalue weighted by Gasteiger charge is 2.53. The number of amides is 3. The summed E-state index contributed by atoms with van der Waals surface area (Å²) in [7, 11) is 0. The largest absolute Gasteiger partial charge is 0.488 e. The molecule has 2 N–H and O–H groups in total. The Bertz CT molecular complexity index is 1040. The molecule has 0 unspecified atom stereocenters. The van der Waals surface area contributed by atoms with E-state index in [0.29, 0.717) is 11.1 Å². The lowest BCUT2D eigenvalue weighted by atomic mass is 9.82. The number of urea groups is 1. The van der Waals surface area contributed by atoms with Gasteiger partial charge in [0.1, 0.15) is 12.7 Å². The summed E-state index contributed by atoms with van der Waals surface area (Å²) >= 11 is 0. The molecule has 31 heavy (non-hydrogen) atoms. The van der Waals surface area contributed by atoms with Gasteiger partial charge in [-0.2, -0.15) is 0 Å². The van der Waals surface area contributed by atoms with Crippen LogP contribution >= 0.6 is 0 Å². The summed E-state index contributed by atoms with van der Waals surface area (Å²) in [5.74, 6) is -1.07. The number of aliphatic hydroxyl groups is 1. The number of rotatable bonds is 7. The number of carbonyl (C=O) groups is 2. The lowest BCUT2D eigenvalue weighted by Crippen LogP contribution is -2.46. The average Bonchev–Trinajstić information content (AvgIpc) is 3.05. The van der Waals surface area contributed by atoms with Crippen LogP contribution in [0.1, 0.15) is 11.1 Å². The van der Waals surface area contributed by atoms with Crippen molar-refractivity contribution >= 4 is 11.9 Å². The van der Waals surface area contributed by atoms with Gasteiger partial charge in [-0.15, -0.1) is 0 Å². The van der Waals surface area contributed by atoms with E-state index < -0.39 is 29.4 Å². The number of β-amino-alcohol motifs (C(OH)–C–C–N with tert-alkyl or cyclic N) is 1. The molecule has 1 heterocycles. The molecular weight excluding hydrogens is 399 g/mol. The average molecular weight is 420 g/mol. The van der Waals surface area contributed by atoms with Crippen molar-refractivity contribution in [1.29, 1.82) is 0 Å². The van der Waals surface area contributed by atoms with Crippen LogP contribution in [0.2, 0.25) is 0 Å². The first-order valence-electron chi connectivity index (χ1n) is 9.83. The third kappa shape index (κ3) is 3.87. The number of aliphatic hydroxyl groups excluding tert-OH is 1. The van der Waals surface area contributed by atoms with Gasteiger partial charge >= 0.3 is 6.03 Å². The number of benzene rings is 3. The Labute approximate surface area is 178 Å². The summed E-state index contributed by atoms with van der Waals surface area (Å²) < 4.78 is 19.0. The van der Waals surface area contributed by atoms with Gasteiger partial charge in [0.15, 0.2) is 17.1 Å². The SMILES string of the molecule is O=C1NC(c2ccccc2)(c2ccccc2)C(=O)N1C[C@@H](O)COc1ccccc1F. The highest BCUT2D eigenvalue weighted by atomic mass is 19.1. The predicted molar refractivity (Wildman–Crippen MR) is 112 cm³/mol. The van der Waals surface area contributed by atoms with Crippen LogP contribution in [0.5, 0.6) is 5.75 Å². The number of hydrogen-bond donors (Lipinski definition) is 2. The predicted octanol–water partition coefficient (Wildman–Crippen LogP) is 3.06. The molecule has 1 aliphatic rings. The summed E-state index contributed by atoms with van der Waals surface area (Å²) in [6.07, 6.45) is -1.20. The van der Waals surface area contributed by atoms with E-state index in [1.807, 2.05) is 12.1 Å². The fourth-order valence-corrected chi connectivity index (χ4v) is 3.69. The van der Waals surface area contributed by atoms with Crippen molar-refractivity contribution in [1.82, 2.24) is 10.2 Å². The lowest BCUT2D eigenvalue weighted by Gasteiger charge is -2.28. The molecule has 1 saturated heterocycles. The molecule has 0 radical (unpaired) electrons. The molecule has 1 aliphatic heterocycles. The molecule has 6 nitrogen and oxygen atoms in total. The summed E-state index contributed by atoms with van der Waals surface area (Å²) in [5.41, 5.74) is -0.176. The van der Waals surface area contributed by atoms with Crippen LogP contribution in [-0.2, 0) is 10.3 Å². The van der Waals surface area contributed by atoms with E-state index in [1.165, 1.54) is 18.2 Å². The Morgan fingerprint density at radius 3 is 2.03 bits per heavy atom. The first-order chi connectivity index (χ1) is 15.0. The van der Waals surface area contributed by atoms with Gasteiger partial charge in [-0.1, -0.05) is 72.8 Å². The Morgan fingerprint density at radius 1 is 0.903 bits per heavy atom. The molecule has 0 aliphatic carbocycles. The minimum Gasteiger partial charge on any atom is -0.488 e. The fourth-order valence-electron chi connectivity index (χ4n) is 3.69. The minimum atomic E-state index is -1.40. The summed E-state index contributed by atoms with van der Waals surface area (Å²) in [4.78, 5) is 27.3. The van der Waals surface area contributed by atoms with Gasteiger partial charge in [-0.05, 0) is 23.3 Å². The molecule has 4 rings (SSSR count). The van der Waals surface area contributed by atoms with E-state index in [9.17, 15) is 19.1 Å². The maximum absolute atomic E-state index is 13.7. The normalized spacial score (nSPS) is 16.1. The molecule has 3 amide bonds. The minimum absolute atomic E-state index is 0.0123. The van der Waals surface area contributed by atoms with E-state index in [2.05, 4.69) is 5.32 Å². The van der Waals surface area contributed by atoms with Crippen LogP contribution in [0, 0.1) is 5.82 Å². The third-order valence-corrected chi connectivity index (χ3v) is 5.18. The smallest absolute Gasteiger partial charge is 0.325 e. The number of imide groups is 1. The van der Waals surface area contributed by atoms with Crippen molar-refractivity contribution in [3.05, 3.63) is 102 Å². The fraction of sp³-hybridized carbons (Fsp3) is 0.167. The van der Waals surface area contributed by atoms with Crippen molar-refractivity contribution < 1.29 is 23.8 Å². The van der Waals surface area contributed by atoms with E-state index in [0.717, 1.165) is 4.90 Å². The van der Waals surface area contributed by atoms with Crippen LogP contribution in [0.3, 0.4) is 0 Å². The molecule has 0 saturated carbocycles. The Kier molecular flexibility index (Phi) is 5.68. The number of nitrogens with one attached hydrogen (secondary N) is 1. The maximum atomic E-state index is 13.7. The summed E-state index contributed by atoms with van der Waals surface area (Å²) in [5, 5.41) is 13.2. The highest BCUT2D eigenvalue weighted by Crippen LogP contribution is 2.36. The van der Waals surface area contributed by atoms with E-state index in [4.69, 9.17) is 4.74 Å². The lowest BCUT2D eigenvalue weighted by molar-refractivity contribution is -0.131. The van der Waals surface area contributed by atoms with Crippen LogP contribution in [0.15, 0.2) is 84.9 Å². The number of ether oxygens (including phenoxy) is 1. The van der Waals surface area contributed by atoms with E-state index in [1.54, 1.807) is 54.6 Å². The number of carbonyl (C=O) groups excluding carboxylic acids is 2. The van der Waals surface area contributed by atoms with Crippen LogP contribution in [0.25, 0.3) is 0 Å². The van der Waals surface area contributed by atoms with Crippen molar-refractivity contribution in [2.45, 2.75) is 11.6 Å². The van der Waals surface area contributed by atoms with Crippen molar-refractivity contribution in [2.24, 2.45) is 0 Å². The number of hydrogen-bond acceptors (Lipinski definition) is 4. The van der Waals surface area contributed by atoms with Crippen molar-refractivity contribution in [3.8, 4) is 5.75 Å². The van der Waals surface area contributed by atoms with Crippen molar-refractivity contribution in [2.75, 3.05) is 13.2 Å². The zero-order chi connectivity index (χ0) is 21.8. The quantitative estimate of drug-likeness (QED) is 0.576. The van der Waals surface area contributed by atoms with Crippen LogP contribution in [0.4, 0.5) is 9.18 Å². The molecule has 3 aromatic rings. The number of halogens is 1. The molecule has 158 valence electrons. The van der Waals surface area contributed by atoms with Gasteiger partial charge in [0, 0.05) is 0 Å². The Balaban J connectivity index is 1.57. The molecular formula is C24H21FN2O4. The molecule has 0 aromatic heterocycles. The molecule has 0 spiro atoms. The zero-order valence-corrected chi connectivity index (χ0v) is 16.6. The van der Waals surface area contributed by atoms with Gasteiger partial charge < -0.3 is 15.2 Å². The summed E-state index contributed by atoms with van der Waals surface area (Å²) in [6, 6.07) is 23.1. The third-order valence-electron chi connectivity index (χ3n) is 5.18. The number of para-hydroxylation sites is 1. The summed E-state index contributed by atoms with van der Waals surface area (Å²) in [6.45, 7) is -0.567. The second-order valence-corrected chi connectivity index (χ2v) is 7.22. The second-order valence-electron chi connectivity index (χ2n) is 7.22. The molecule has 1 atom stereocenters. The first-order valence-corrected chi connectivity index (χ1v) is 9.83.